The highest BCUT2D eigenvalue weighted by atomic mass is 16.5. The van der Waals surface area contributed by atoms with E-state index in [4.69, 9.17) is 10.5 Å². The monoisotopic (exact) mass is 180 g/mol. The summed E-state index contributed by atoms with van der Waals surface area (Å²) in [5, 5.41) is 0. The van der Waals surface area contributed by atoms with Crippen LogP contribution in [0.15, 0.2) is 12.3 Å². The number of nitrogens with two attached hydrogens (primary N) is 1. The number of anilines is 1. The third-order valence-electron chi connectivity index (χ3n) is 1.89. The van der Waals surface area contributed by atoms with Crippen LogP contribution < -0.4 is 10.5 Å². The Morgan fingerprint density at radius 3 is 2.38 bits per heavy atom. The molecule has 3 nitrogen and oxygen atoms in total. The Kier molecular flexibility index (Phi) is 2.45. The van der Waals surface area contributed by atoms with Crippen molar-refractivity contribution in [2.45, 2.75) is 26.2 Å². The quantitative estimate of drug-likeness (QED) is 0.718. The van der Waals surface area contributed by atoms with Gasteiger partial charge in [-0.05, 0) is 6.07 Å². The van der Waals surface area contributed by atoms with Gasteiger partial charge in [-0.3, -0.25) is 4.98 Å². The number of methoxy groups -OCH3 is 1. The molecular formula is C10H16N2O. The van der Waals surface area contributed by atoms with E-state index in [2.05, 4.69) is 25.8 Å². The fourth-order valence-electron chi connectivity index (χ4n) is 1.04. The fourth-order valence-corrected chi connectivity index (χ4v) is 1.04. The molecule has 72 valence electrons. The van der Waals surface area contributed by atoms with E-state index in [-0.39, 0.29) is 5.41 Å². The summed E-state index contributed by atoms with van der Waals surface area (Å²) in [4.78, 5) is 4.28. The zero-order valence-electron chi connectivity index (χ0n) is 8.59. The van der Waals surface area contributed by atoms with Gasteiger partial charge in [-0.1, -0.05) is 20.8 Å². The van der Waals surface area contributed by atoms with Gasteiger partial charge in [0.15, 0.2) is 5.75 Å². The van der Waals surface area contributed by atoms with Crippen LogP contribution >= 0.6 is 0 Å². The van der Waals surface area contributed by atoms with Crippen LogP contribution in [0.3, 0.4) is 0 Å². The Morgan fingerprint density at radius 2 is 2.00 bits per heavy atom. The molecule has 0 aliphatic carbocycles. The molecule has 2 N–H and O–H groups in total. The minimum absolute atomic E-state index is 0.0282. The van der Waals surface area contributed by atoms with Gasteiger partial charge in [0.25, 0.3) is 0 Å². The van der Waals surface area contributed by atoms with Crippen molar-refractivity contribution in [2.24, 2.45) is 0 Å². The number of hydrogen-bond donors (Lipinski definition) is 1. The van der Waals surface area contributed by atoms with Crippen molar-refractivity contribution in [1.29, 1.82) is 0 Å². The van der Waals surface area contributed by atoms with Gasteiger partial charge in [0.1, 0.15) is 0 Å². The van der Waals surface area contributed by atoms with E-state index in [0.717, 1.165) is 5.69 Å². The molecule has 0 bridgehead atoms. The van der Waals surface area contributed by atoms with Gasteiger partial charge in [-0.15, -0.1) is 0 Å². The maximum absolute atomic E-state index is 5.76. The number of hydrogen-bond acceptors (Lipinski definition) is 3. The maximum Gasteiger partial charge on any atom is 0.160 e. The first-order valence-electron chi connectivity index (χ1n) is 4.25. The lowest BCUT2D eigenvalue weighted by atomic mass is 9.91. The largest absolute Gasteiger partial charge is 0.493 e. The molecule has 0 atom stereocenters. The molecule has 0 spiro atoms. The van der Waals surface area contributed by atoms with Crippen LogP contribution in [0.5, 0.6) is 5.75 Å². The lowest BCUT2D eigenvalue weighted by molar-refractivity contribution is 0.413. The highest BCUT2D eigenvalue weighted by Crippen LogP contribution is 2.26. The van der Waals surface area contributed by atoms with E-state index >= 15 is 0 Å². The van der Waals surface area contributed by atoms with Crippen LogP contribution in [0.25, 0.3) is 0 Å². The summed E-state index contributed by atoms with van der Waals surface area (Å²) in [7, 11) is 1.59. The van der Waals surface area contributed by atoms with E-state index in [0.29, 0.717) is 11.4 Å². The molecule has 0 saturated carbocycles. The lowest BCUT2D eigenvalue weighted by Gasteiger charge is -2.18. The molecule has 0 fully saturated rings. The van der Waals surface area contributed by atoms with Gasteiger partial charge < -0.3 is 10.5 Å². The first-order chi connectivity index (χ1) is 5.95. The summed E-state index contributed by atoms with van der Waals surface area (Å²) in [6.45, 7) is 6.30. The van der Waals surface area contributed by atoms with Gasteiger partial charge in [0.2, 0.25) is 0 Å². The van der Waals surface area contributed by atoms with Gasteiger partial charge >= 0.3 is 0 Å². The van der Waals surface area contributed by atoms with E-state index in [1.54, 1.807) is 13.3 Å². The maximum atomic E-state index is 5.76. The molecule has 0 aliphatic rings. The molecule has 0 aliphatic heterocycles. The standard InChI is InChI=1S/C10H16N2O/c1-10(2,3)9-5-7(11)8(13-4)6-12-9/h5-6H,1-4H3,(H2,11,12). The zero-order valence-corrected chi connectivity index (χ0v) is 8.59. The van der Waals surface area contributed by atoms with Gasteiger partial charge in [0, 0.05) is 11.1 Å². The third kappa shape index (κ3) is 2.11. The highest BCUT2D eigenvalue weighted by Gasteiger charge is 2.16. The molecule has 0 amide bonds. The summed E-state index contributed by atoms with van der Waals surface area (Å²) < 4.78 is 5.03. The second-order valence-electron chi connectivity index (χ2n) is 4.06. The molecule has 13 heavy (non-hydrogen) atoms. The van der Waals surface area contributed by atoms with Crippen molar-refractivity contribution in [3.63, 3.8) is 0 Å². The molecule has 0 saturated heterocycles. The number of nitrogens with zero attached hydrogens (tertiary/aromatic N) is 1. The third-order valence-corrected chi connectivity index (χ3v) is 1.89. The molecule has 1 aromatic heterocycles. The van der Waals surface area contributed by atoms with Crippen molar-refractivity contribution in [3.05, 3.63) is 18.0 Å². The van der Waals surface area contributed by atoms with Crippen molar-refractivity contribution < 1.29 is 4.74 Å². The normalized spacial score (nSPS) is 11.4. The molecular weight excluding hydrogens is 164 g/mol. The summed E-state index contributed by atoms with van der Waals surface area (Å²) in [5.41, 5.74) is 7.41. The topological polar surface area (TPSA) is 48.1 Å². The molecule has 3 heteroatoms. The van der Waals surface area contributed by atoms with Crippen LogP contribution in [-0.4, -0.2) is 12.1 Å². The Labute approximate surface area is 78.9 Å². The smallest absolute Gasteiger partial charge is 0.160 e. The highest BCUT2D eigenvalue weighted by molar-refractivity contribution is 5.52. The van der Waals surface area contributed by atoms with E-state index in [1.807, 2.05) is 6.07 Å². The number of ether oxygens (including phenoxy) is 1. The summed E-state index contributed by atoms with van der Waals surface area (Å²) in [5.74, 6) is 0.632. The summed E-state index contributed by atoms with van der Waals surface area (Å²) in [6, 6.07) is 1.86. The number of aromatic nitrogens is 1. The predicted molar refractivity (Wildman–Crippen MR) is 53.9 cm³/mol. The average molecular weight is 180 g/mol. The summed E-state index contributed by atoms with van der Waals surface area (Å²) >= 11 is 0. The van der Waals surface area contributed by atoms with Crippen LogP contribution in [0, 0.1) is 0 Å². The van der Waals surface area contributed by atoms with E-state index in [9.17, 15) is 0 Å². The molecule has 0 unspecified atom stereocenters. The van der Waals surface area contributed by atoms with Crippen LogP contribution in [-0.2, 0) is 5.41 Å². The molecule has 1 rings (SSSR count). The van der Waals surface area contributed by atoms with Crippen LogP contribution in [0.2, 0.25) is 0 Å². The van der Waals surface area contributed by atoms with Gasteiger partial charge in [0.05, 0.1) is 19.0 Å². The van der Waals surface area contributed by atoms with Crippen molar-refractivity contribution in [2.75, 3.05) is 12.8 Å². The minimum Gasteiger partial charge on any atom is -0.493 e. The Bertz CT molecular complexity index is 302. The van der Waals surface area contributed by atoms with Crippen molar-refractivity contribution >= 4 is 5.69 Å². The first kappa shape index (κ1) is 9.84. The lowest BCUT2D eigenvalue weighted by Crippen LogP contribution is -2.14. The number of nitrogen functional groups attached to an aromatic ring is 1. The van der Waals surface area contributed by atoms with Crippen molar-refractivity contribution in [1.82, 2.24) is 4.98 Å². The van der Waals surface area contributed by atoms with Crippen LogP contribution in [0.1, 0.15) is 26.5 Å². The average Bonchev–Trinajstić information content (AvgIpc) is 2.02. The van der Waals surface area contributed by atoms with Gasteiger partial charge in [-0.25, -0.2) is 0 Å². The minimum atomic E-state index is 0.0282. The number of rotatable bonds is 1. The molecule has 0 aromatic carbocycles. The molecule has 1 aromatic rings. The van der Waals surface area contributed by atoms with Crippen LogP contribution in [0.4, 0.5) is 5.69 Å². The Hall–Kier alpha value is -1.25. The zero-order chi connectivity index (χ0) is 10.1. The van der Waals surface area contributed by atoms with E-state index < -0.39 is 0 Å². The van der Waals surface area contributed by atoms with E-state index in [1.165, 1.54) is 0 Å². The molecule has 0 radical (unpaired) electrons. The van der Waals surface area contributed by atoms with Gasteiger partial charge in [-0.2, -0.15) is 0 Å². The fraction of sp³-hybridized carbons (Fsp3) is 0.500. The first-order valence-corrected chi connectivity index (χ1v) is 4.25. The molecule has 1 heterocycles. The predicted octanol–water partition coefficient (Wildman–Crippen LogP) is 1.97. The number of pyridine rings is 1. The second kappa shape index (κ2) is 3.24. The SMILES string of the molecule is COc1cnc(C(C)(C)C)cc1N. The Morgan fingerprint density at radius 1 is 1.38 bits per heavy atom. The van der Waals surface area contributed by atoms with Crippen molar-refractivity contribution in [3.8, 4) is 5.75 Å². The Balaban J connectivity index is 3.10. The second-order valence-corrected chi connectivity index (χ2v) is 4.06. The summed E-state index contributed by atoms with van der Waals surface area (Å²) in [6.07, 6.45) is 1.66.